The fourth-order valence-corrected chi connectivity index (χ4v) is 4.46. The second-order valence-corrected chi connectivity index (χ2v) is 9.40. The number of imidazole rings is 1. The summed E-state index contributed by atoms with van der Waals surface area (Å²) in [5.41, 5.74) is 6.77. The lowest BCUT2D eigenvalue weighted by Crippen LogP contribution is -2.23. The van der Waals surface area contributed by atoms with Crippen molar-refractivity contribution in [1.29, 1.82) is 10.5 Å². The first-order valence-electron chi connectivity index (χ1n) is 11.6. The molecule has 9 nitrogen and oxygen atoms in total. The number of anilines is 1. The van der Waals surface area contributed by atoms with Gasteiger partial charge < -0.3 is 10.3 Å². The van der Waals surface area contributed by atoms with Crippen molar-refractivity contribution in [2.24, 2.45) is 12.0 Å². The van der Waals surface area contributed by atoms with Crippen LogP contribution in [0.2, 0.25) is 0 Å². The van der Waals surface area contributed by atoms with Crippen LogP contribution in [0.5, 0.6) is 0 Å². The molecule has 39 heavy (non-hydrogen) atoms. The average Bonchev–Trinajstić information content (AvgIpc) is 3.20. The molecule has 0 saturated heterocycles. The first-order chi connectivity index (χ1) is 18.5. The molecule has 194 valence electrons. The van der Waals surface area contributed by atoms with E-state index in [1.165, 1.54) is 18.2 Å². The van der Waals surface area contributed by atoms with Gasteiger partial charge in [-0.3, -0.25) is 14.5 Å². The number of alkyl halides is 3. The summed E-state index contributed by atoms with van der Waals surface area (Å²) in [5, 5.41) is 19.4. The fraction of sp³-hybridized carbons (Fsp3) is 0.185. The van der Waals surface area contributed by atoms with Crippen LogP contribution in [0.25, 0.3) is 38.8 Å². The number of nitrogens with two attached hydrogens (primary N) is 1. The number of fused-ring (bicyclic) bond motifs is 3. The lowest BCUT2D eigenvalue weighted by Gasteiger charge is -2.15. The van der Waals surface area contributed by atoms with E-state index in [9.17, 15) is 23.7 Å². The second-order valence-electron chi connectivity index (χ2n) is 9.40. The molecule has 0 spiro atoms. The van der Waals surface area contributed by atoms with Crippen LogP contribution in [0.4, 0.5) is 19.0 Å². The van der Waals surface area contributed by atoms with Crippen molar-refractivity contribution < 1.29 is 13.2 Å². The minimum absolute atomic E-state index is 0.134. The monoisotopic (exact) mass is 527 g/mol. The highest BCUT2D eigenvalue weighted by molar-refractivity contribution is 6.04. The van der Waals surface area contributed by atoms with E-state index in [4.69, 9.17) is 5.73 Å². The van der Waals surface area contributed by atoms with E-state index in [-0.39, 0.29) is 22.6 Å². The Morgan fingerprint density at radius 3 is 2.41 bits per heavy atom. The first-order valence-corrected chi connectivity index (χ1v) is 11.6. The number of nitrogens with zero attached hydrogens (tertiary/aromatic N) is 8. The van der Waals surface area contributed by atoms with E-state index in [1.54, 1.807) is 66.7 Å². The number of hydrogen-bond donors (Lipinski definition) is 1. The molecule has 12 heteroatoms. The maximum atomic E-state index is 13.8. The highest BCUT2D eigenvalue weighted by atomic mass is 19.4. The average molecular weight is 528 g/mol. The Hall–Kier alpha value is -5.23. The van der Waals surface area contributed by atoms with Crippen LogP contribution in [-0.4, -0.2) is 24.1 Å². The summed E-state index contributed by atoms with van der Waals surface area (Å²) < 4.78 is 44.9. The zero-order chi connectivity index (χ0) is 28.1. The number of hydrogen-bond acceptors (Lipinski definition) is 7. The highest BCUT2D eigenvalue weighted by Crippen LogP contribution is 2.38. The van der Waals surface area contributed by atoms with Crippen molar-refractivity contribution >= 4 is 27.8 Å². The van der Waals surface area contributed by atoms with Gasteiger partial charge in [-0.1, -0.05) is 6.07 Å². The molecule has 5 rings (SSSR count). The van der Waals surface area contributed by atoms with Gasteiger partial charge in [-0.15, -0.1) is 4.99 Å². The molecule has 0 bridgehead atoms. The quantitative estimate of drug-likeness (QED) is 0.336. The molecule has 0 saturated carbocycles. The van der Waals surface area contributed by atoms with Gasteiger partial charge in [0.2, 0.25) is 11.8 Å². The van der Waals surface area contributed by atoms with Gasteiger partial charge in [-0.2, -0.15) is 23.7 Å². The Kier molecular flexibility index (Phi) is 5.84. The SMILES string of the molecule is Cn1/c(=N\C#N)n(-c2ccc(C(C)(C)C#N)nc2)c2c3cc(-c4ccc(N)nc4C(F)(F)F)ccc3ncc21. The first kappa shape index (κ1) is 25.4. The van der Waals surface area contributed by atoms with E-state index >= 15 is 0 Å². The molecule has 5 aromatic rings. The molecule has 0 radical (unpaired) electrons. The molecule has 0 aliphatic heterocycles. The Labute approximate surface area is 219 Å². The van der Waals surface area contributed by atoms with E-state index in [0.717, 1.165) is 0 Å². The highest BCUT2D eigenvalue weighted by Gasteiger charge is 2.36. The molecule has 0 aliphatic carbocycles. The van der Waals surface area contributed by atoms with Crippen LogP contribution in [0.1, 0.15) is 25.2 Å². The molecular weight excluding hydrogens is 507 g/mol. The summed E-state index contributed by atoms with van der Waals surface area (Å²) in [7, 11) is 1.71. The van der Waals surface area contributed by atoms with Gasteiger partial charge >= 0.3 is 6.18 Å². The number of pyridine rings is 3. The van der Waals surface area contributed by atoms with Crippen LogP contribution < -0.4 is 11.4 Å². The Balaban J connectivity index is 1.85. The van der Waals surface area contributed by atoms with Crippen molar-refractivity contribution in [2.75, 3.05) is 5.73 Å². The number of nitrogen functional groups attached to an aromatic ring is 1. The number of benzene rings is 1. The normalized spacial score (nSPS) is 12.6. The van der Waals surface area contributed by atoms with Gasteiger partial charge in [-0.25, -0.2) is 4.98 Å². The predicted octanol–water partition coefficient (Wildman–Crippen LogP) is 4.76. The van der Waals surface area contributed by atoms with E-state index in [1.807, 2.05) is 6.19 Å². The van der Waals surface area contributed by atoms with Gasteiger partial charge in [-0.05, 0) is 55.8 Å². The van der Waals surface area contributed by atoms with Crippen LogP contribution >= 0.6 is 0 Å². The van der Waals surface area contributed by atoms with Gasteiger partial charge in [0, 0.05) is 18.0 Å². The second kappa shape index (κ2) is 8.96. The number of nitriles is 2. The molecule has 0 unspecified atom stereocenters. The lowest BCUT2D eigenvalue weighted by molar-refractivity contribution is -0.140. The van der Waals surface area contributed by atoms with Crippen molar-refractivity contribution in [1.82, 2.24) is 24.1 Å². The molecule has 1 aromatic carbocycles. The smallest absolute Gasteiger partial charge is 0.384 e. The maximum Gasteiger partial charge on any atom is 0.434 e. The standard InChI is InChI=1S/C27H20F3N9/c1-26(2,13-31)21-8-5-16(11-35-21)39-23-18-10-15(17-6-9-22(33)37-24(17)27(28,29)30)4-7-19(18)34-12-20(23)38(3)25(39)36-14-32/h4-12H,1-3H3,(H2,33,37)/b36-25+. The summed E-state index contributed by atoms with van der Waals surface area (Å²) in [5.74, 6) is -0.241. The van der Waals surface area contributed by atoms with E-state index in [2.05, 4.69) is 26.0 Å². The number of aromatic nitrogens is 5. The minimum atomic E-state index is -4.72. The number of halogens is 3. The molecular formula is C27H20F3N9. The van der Waals surface area contributed by atoms with Crippen LogP contribution in [0.15, 0.2) is 59.9 Å². The molecule has 0 atom stereocenters. The minimum Gasteiger partial charge on any atom is -0.384 e. The van der Waals surface area contributed by atoms with Gasteiger partial charge in [0.15, 0.2) is 5.69 Å². The maximum absolute atomic E-state index is 13.8. The lowest BCUT2D eigenvalue weighted by atomic mass is 9.91. The largest absolute Gasteiger partial charge is 0.434 e. The summed E-state index contributed by atoms with van der Waals surface area (Å²) in [6.07, 6.45) is 0.257. The van der Waals surface area contributed by atoms with Crippen LogP contribution in [0.3, 0.4) is 0 Å². The summed E-state index contributed by atoms with van der Waals surface area (Å²) in [6.45, 7) is 3.50. The Bertz CT molecular complexity index is 1920. The van der Waals surface area contributed by atoms with Gasteiger partial charge in [0.25, 0.3) is 0 Å². The summed E-state index contributed by atoms with van der Waals surface area (Å²) in [6, 6.07) is 13.0. The number of aryl methyl sites for hydroxylation is 1. The van der Waals surface area contributed by atoms with Crippen LogP contribution in [-0.2, 0) is 18.6 Å². The third-order valence-corrected chi connectivity index (χ3v) is 6.48. The molecule has 2 N–H and O–H groups in total. The summed E-state index contributed by atoms with van der Waals surface area (Å²) >= 11 is 0. The third kappa shape index (κ3) is 4.22. The predicted molar refractivity (Wildman–Crippen MR) is 138 cm³/mol. The van der Waals surface area contributed by atoms with E-state index < -0.39 is 17.3 Å². The zero-order valence-electron chi connectivity index (χ0n) is 21.0. The number of rotatable bonds is 3. The van der Waals surface area contributed by atoms with Crippen molar-refractivity contribution in [2.45, 2.75) is 25.4 Å². The molecule has 0 fully saturated rings. The van der Waals surface area contributed by atoms with Gasteiger partial charge in [0.1, 0.15) is 5.82 Å². The fourth-order valence-electron chi connectivity index (χ4n) is 4.46. The topological polar surface area (TPSA) is 134 Å². The Morgan fingerprint density at radius 2 is 1.77 bits per heavy atom. The molecule has 0 aliphatic rings. The molecule has 4 heterocycles. The molecule has 0 amide bonds. The zero-order valence-corrected chi connectivity index (χ0v) is 21.0. The molecule has 4 aromatic heterocycles. The third-order valence-electron chi connectivity index (χ3n) is 6.48. The summed E-state index contributed by atoms with van der Waals surface area (Å²) in [4.78, 5) is 16.5. The van der Waals surface area contributed by atoms with Crippen LogP contribution in [0, 0.1) is 22.8 Å². The van der Waals surface area contributed by atoms with E-state index in [0.29, 0.717) is 33.3 Å². The van der Waals surface area contributed by atoms with Gasteiger partial charge in [0.05, 0.1) is 51.8 Å². The van der Waals surface area contributed by atoms with Crippen molar-refractivity contribution in [3.63, 3.8) is 0 Å². The van der Waals surface area contributed by atoms with Crippen molar-refractivity contribution in [3.05, 3.63) is 71.9 Å². The van der Waals surface area contributed by atoms with Crippen molar-refractivity contribution in [3.8, 4) is 29.1 Å². The Morgan fingerprint density at radius 1 is 1.00 bits per heavy atom.